The van der Waals surface area contributed by atoms with E-state index in [-0.39, 0.29) is 0 Å². The van der Waals surface area contributed by atoms with Crippen LogP contribution in [0.15, 0.2) is 53.6 Å². The summed E-state index contributed by atoms with van der Waals surface area (Å²) >= 11 is 3.22. The highest BCUT2D eigenvalue weighted by atomic mass is 32.1. The van der Waals surface area contributed by atoms with Crippen LogP contribution in [0.3, 0.4) is 0 Å². The summed E-state index contributed by atoms with van der Waals surface area (Å²) in [4.78, 5) is 13.0. The van der Waals surface area contributed by atoms with Gasteiger partial charge in [0.15, 0.2) is 5.13 Å². The first-order chi connectivity index (χ1) is 10.4. The van der Waals surface area contributed by atoms with Gasteiger partial charge in [0.1, 0.15) is 0 Å². The molecule has 0 amide bonds. The Morgan fingerprint density at radius 3 is 3.00 bits per heavy atom. The fourth-order valence-corrected chi connectivity index (χ4v) is 3.49. The number of thiazole rings is 2. The maximum absolute atomic E-state index is 4.60. The number of nitrogens with one attached hydrogen (secondary N) is 1. The molecule has 0 aliphatic rings. The molecule has 21 heavy (non-hydrogen) atoms. The molecule has 0 saturated heterocycles. The summed E-state index contributed by atoms with van der Waals surface area (Å²) in [6, 6.07) is 10.1. The zero-order valence-corrected chi connectivity index (χ0v) is 12.5. The first-order valence-corrected chi connectivity index (χ1v) is 8.11. The van der Waals surface area contributed by atoms with E-state index in [9.17, 15) is 0 Å². The van der Waals surface area contributed by atoms with E-state index in [0.29, 0.717) is 0 Å². The van der Waals surface area contributed by atoms with E-state index in [1.165, 1.54) is 4.70 Å². The van der Waals surface area contributed by atoms with Crippen LogP contribution in [0.1, 0.15) is 0 Å². The van der Waals surface area contributed by atoms with Crippen LogP contribution >= 0.6 is 22.7 Å². The molecule has 0 radical (unpaired) electrons. The van der Waals surface area contributed by atoms with E-state index < -0.39 is 0 Å². The molecule has 3 aromatic heterocycles. The molecule has 3 heterocycles. The molecule has 4 rings (SSSR count). The van der Waals surface area contributed by atoms with Gasteiger partial charge in [-0.15, -0.1) is 22.7 Å². The average molecular weight is 310 g/mol. The molecular formula is C15H10N4S2. The van der Waals surface area contributed by atoms with Crippen molar-refractivity contribution in [3.05, 3.63) is 53.6 Å². The molecule has 1 aromatic carbocycles. The smallest absolute Gasteiger partial charge is 0.187 e. The zero-order chi connectivity index (χ0) is 14.1. The van der Waals surface area contributed by atoms with Gasteiger partial charge in [0, 0.05) is 29.0 Å². The quantitative estimate of drug-likeness (QED) is 0.603. The lowest BCUT2D eigenvalue weighted by molar-refractivity contribution is 1.30. The summed E-state index contributed by atoms with van der Waals surface area (Å²) < 4.78 is 1.17. The second kappa shape index (κ2) is 5.23. The Morgan fingerprint density at radius 2 is 2.10 bits per heavy atom. The van der Waals surface area contributed by atoms with Crippen LogP contribution in [-0.4, -0.2) is 15.0 Å². The molecule has 0 unspecified atom stereocenters. The maximum Gasteiger partial charge on any atom is 0.187 e. The van der Waals surface area contributed by atoms with Crippen LogP contribution in [-0.2, 0) is 0 Å². The van der Waals surface area contributed by atoms with Crippen molar-refractivity contribution >= 4 is 43.7 Å². The van der Waals surface area contributed by atoms with Crippen molar-refractivity contribution in [1.82, 2.24) is 15.0 Å². The molecule has 0 spiro atoms. The highest BCUT2D eigenvalue weighted by Crippen LogP contribution is 2.28. The SMILES string of the molecule is c1cncc(-c2csc(Nc3ccc4ncsc4c3)n2)c1. The summed E-state index contributed by atoms with van der Waals surface area (Å²) in [5, 5.41) is 6.25. The lowest BCUT2D eigenvalue weighted by atomic mass is 10.2. The van der Waals surface area contributed by atoms with E-state index in [2.05, 4.69) is 26.3 Å². The van der Waals surface area contributed by atoms with Crippen molar-refractivity contribution in [1.29, 1.82) is 0 Å². The van der Waals surface area contributed by atoms with E-state index in [1.54, 1.807) is 28.9 Å². The third-order valence-electron chi connectivity index (χ3n) is 3.04. The molecule has 0 bridgehead atoms. The van der Waals surface area contributed by atoms with Crippen LogP contribution in [0.25, 0.3) is 21.5 Å². The monoisotopic (exact) mass is 310 g/mol. The molecule has 0 saturated carbocycles. The summed E-state index contributed by atoms with van der Waals surface area (Å²) in [6.45, 7) is 0. The Labute approximate surface area is 129 Å². The highest BCUT2D eigenvalue weighted by molar-refractivity contribution is 7.16. The maximum atomic E-state index is 4.60. The van der Waals surface area contributed by atoms with Gasteiger partial charge in [-0.1, -0.05) is 0 Å². The molecule has 0 atom stereocenters. The number of rotatable bonds is 3. The van der Waals surface area contributed by atoms with Crippen LogP contribution < -0.4 is 5.32 Å². The van der Waals surface area contributed by atoms with Gasteiger partial charge in [0.2, 0.25) is 0 Å². The Morgan fingerprint density at radius 1 is 1.10 bits per heavy atom. The van der Waals surface area contributed by atoms with E-state index >= 15 is 0 Å². The molecule has 102 valence electrons. The van der Waals surface area contributed by atoms with Gasteiger partial charge in [0.25, 0.3) is 0 Å². The Kier molecular flexibility index (Phi) is 3.10. The lowest BCUT2D eigenvalue weighted by Gasteiger charge is -2.01. The molecule has 0 aliphatic carbocycles. The van der Waals surface area contributed by atoms with Crippen LogP contribution in [0.5, 0.6) is 0 Å². The van der Waals surface area contributed by atoms with Crippen molar-refractivity contribution in [3.63, 3.8) is 0 Å². The molecule has 4 nitrogen and oxygen atoms in total. The van der Waals surface area contributed by atoms with Crippen molar-refractivity contribution in [2.24, 2.45) is 0 Å². The predicted molar refractivity (Wildman–Crippen MR) is 88.2 cm³/mol. The molecule has 0 aliphatic heterocycles. The van der Waals surface area contributed by atoms with Crippen molar-refractivity contribution in [3.8, 4) is 11.3 Å². The molecule has 1 N–H and O–H groups in total. The van der Waals surface area contributed by atoms with Gasteiger partial charge in [-0.25, -0.2) is 9.97 Å². The number of nitrogens with zero attached hydrogens (tertiary/aromatic N) is 3. The number of benzene rings is 1. The number of hydrogen-bond acceptors (Lipinski definition) is 6. The van der Waals surface area contributed by atoms with E-state index in [1.807, 2.05) is 41.4 Å². The Hall–Kier alpha value is -2.31. The van der Waals surface area contributed by atoms with Gasteiger partial charge >= 0.3 is 0 Å². The minimum Gasteiger partial charge on any atom is -0.331 e. The largest absolute Gasteiger partial charge is 0.331 e. The third-order valence-corrected chi connectivity index (χ3v) is 4.59. The highest BCUT2D eigenvalue weighted by Gasteiger charge is 2.05. The fourth-order valence-electron chi connectivity index (χ4n) is 2.03. The summed E-state index contributed by atoms with van der Waals surface area (Å²) in [7, 11) is 0. The second-order valence-corrected chi connectivity index (χ2v) is 6.18. The normalized spacial score (nSPS) is 10.9. The number of hydrogen-bond donors (Lipinski definition) is 1. The third kappa shape index (κ3) is 2.51. The van der Waals surface area contributed by atoms with Gasteiger partial charge < -0.3 is 5.32 Å². The standard InChI is InChI=1S/C15H10N4S2/c1-2-10(7-16-5-1)13-8-20-15(19-13)18-11-3-4-12-14(6-11)21-9-17-12/h1-9H,(H,18,19). The first-order valence-electron chi connectivity index (χ1n) is 6.35. The predicted octanol–water partition coefficient (Wildman–Crippen LogP) is 4.56. The average Bonchev–Trinajstić information content (AvgIpc) is 3.17. The van der Waals surface area contributed by atoms with E-state index in [0.717, 1.165) is 27.6 Å². The second-order valence-electron chi connectivity index (χ2n) is 4.44. The van der Waals surface area contributed by atoms with Crippen LogP contribution in [0, 0.1) is 0 Å². The molecular weight excluding hydrogens is 300 g/mol. The number of pyridine rings is 1. The van der Waals surface area contributed by atoms with E-state index in [4.69, 9.17) is 0 Å². The summed E-state index contributed by atoms with van der Waals surface area (Å²) in [6.07, 6.45) is 3.58. The molecule has 0 fully saturated rings. The van der Waals surface area contributed by atoms with Crippen LogP contribution in [0.2, 0.25) is 0 Å². The number of aromatic nitrogens is 3. The minimum absolute atomic E-state index is 0.873. The minimum atomic E-state index is 0.873. The Balaban J connectivity index is 1.61. The van der Waals surface area contributed by atoms with Crippen molar-refractivity contribution in [2.75, 3.05) is 5.32 Å². The van der Waals surface area contributed by atoms with Crippen LogP contribution in [0.4, 0.5) is 10.8 Å². The summed E-state index contributed by atoms with van der Waals surface area (Å²) in [5.74, 6) is 0. The van der Waals surface area contributed by atoms with Crippen molar-refractivity contribution in [2.45, 2.75) is 0 Å². The number of fused-ring (bicyclic) bond motifs is 1. The number of anilines is 2. The van der Waals surface area contributed by atoms with Gasteiger partial charge in [-0.05, 0) is 30.3 Å². The first kappa shape index (κ1) is 12.4. The Bertz CT molecular complexity index is 883. The molecule has 4 aromatic rings. The van der Waals surface area contributed by atoms with Crippen molar-refractivity contribution < 1.29 is 0 Å². The fraction of sp³-hybridized carbons (Fsp3) is 0. The molecule has 6 heteroatoms. The zero-order valence-electron chi connectivity index (χ0n) is 10.9. The lowest BCUT2D eigenvalue weighted by Crippen LogP contribution is -1.89. The topological polar surface area (TPSA) is 50.7 Å². The van der Waals surface area contributed by atoms with Gasteiger partial charge in [-0.3, -0.25) is 4.98 Å². The van der Waals surface area contributed by atoms with Gasteiger partial charge in [-0.2, -0.15) is 0 Å². The summed E-state index contributed by atoms with van der Waals surface area (Å²) in [5.41, 5.74) is 5.88. The van der Waals surface area contributed by atoms with Gasteiger partial charge in [0.05, 0.1) is 21.4 Å².